The minimum absolute atomic E-state index is 0.0115. The van der Waals surface area contributed by atoms with Crippen LogP contribution in [0.15, 0.2) is 41.7 Å². The number of hydrogen-bond donors (Lipinski definition) is 1. The number of rotatable bonds is 5. The standard InChI is InChI=1S/C19H23N5O2/c1-2-26-17-3-4-18-14(10-17)9-15(19(25)22-18)11-23-7-5-16(6-8-23)24-12-20-21-13-24/h3-4,9-10,12-13,16H,2,5-8,11H2,1H3,(H,22,25). The van der Waals surface area contributed by atoms with Crippen molar-refractivity contribution in [3.63, 3.8) is 0 Å². The molecule has 7 heteroatoms. The molecule has 1 aliphatic heterocycles. The molecule has 1 aromatic carbocycles. The maximum absolute atomic E-state index is 12.4. The lowest BCUT2D eigenvalue weighted by molar-refractivity contribution is 0.179. The van der Waals surface area contributed by atoms with E-state index in [1.54, 1.807) is 12.7 Å². The Morgan fingerprint density at radius 2 is 1.96 bits per heavy atom. The molecule has 3 aromatic rings. The van der Waals surface area contributed by atoms with Crippen LogP contribution < -0.4 is 10.3 Å². The zero-order valence-electron chi connectivity index (χ0n) is 14.9. The van der Waals surface area contributed by atoms with Gasteiger partial charge in [0, 0.05) is 42.1 Å². The van der Waals surface area contributed by atoms with Crippen LogP contribution in [0.4, 0.5) is 0 Å². The molecule has 1 aliphatic rings. The van der Waals surface area contributed by atoms with Gasteiger partial charge in [-0.1, -0.05) is 0 Å². The monoisotopic (exact) mass is 353 g/mol. The molecule has 26 heavy (non-hydrogen) atoms. The molecule has 1 fully saturated rings. The second kappa shape index (κ2) is 7.29. The Kier molecular flexibility index (Phi) is 4.71. The van der Waals surface area contributed by atoms with Gasteiger partial charge in [0.05, 0.1) is 6.61 Å². The van der Waals surface area contributed by atoms with E-state index in [1.165, 1.54) is 0 Å². The van der Waals surface area contributed by atoms with Crippen LogP contribution in [-0.2, 0) is 6.54 Å². The molecule has 0 unspecified atom stereocenters. The number of H-pyrrole nitrogens is 1. The Bertz CT molecular complexity index is 927. The topological polar surface area (TPSA) is 76.0 Å². The Balaban J connectivity index is 1.48. The molecule has 2 aromatic heterocycles. The normalized spacial score (nSPS) is 16.2. The van der Waals surface area contributed by atoms with Gasteiger partial charge in [-0.2, -0.15) is 0 Å². The molecular formula is C19H23N5O2. The van der Waals surface area contributed by atoms with Gasteiger partial charge in [-0.25, -0.2) is 0 Å². The summed E-state index contributed by atoms with van der Waals surface area (Å²) in [6.07, 6.45) is 5.64. The lowest BCUT2D eigenvalue weighted by Crippen LogP contribution is -2.35. The van der Waals surface area contributed by atoms with Gasteiger partial charge in [0.25, 0.3) is 5.56 Å². The van der Waals surface area contributed by atoms with Gasteiger partial charge in [-0.05, 0) is 44.0 Å². The van der Waals surface area contributed by atoms with E-state index in [4.69, 9.17) is 4.74 Å². The first-order chi connectivity index (χ1) is 12.7. The molecule has 136 valence electrons. The number of piperidine rings is 1. The minimum atomic E-state index is -0.0115. The van der Waals surface area contributed by atoms with Crippen LogP contribution in [-0.4, -0.2) is 44.3 Å². The van der Waals surface area contributed by atoms with Crippen LogP contribution in [0.3, 0.4) is 0 Å². The predicted molar refractivity (Wildman–Crippen MR) is 99.3 cm³/mol. The number of nitrogens with one attached hydrogen (secondary N) is 1. The van der Waals surface area contributed by atoms with Crippen LogP contribution in [0.25, 0.3) is 10.9 Å². The summed E-state index contributed by atoms with van der Waals surface area (Å²) in [5.74, 6) is 0.827. The fraction of sp³-hybridized carbons (Fsp3) is 0.421. The Labute approximate surface area is 151 Å². The smallest absolute Gasteiger partial charge is 0.252 e. The average Bonchev–Trinajstić information content (AvgIpc) is 3.18. The van der Waals surface area contributed by atoms with Crippen LogP contribution in [0, 0.1) is 0 Å². The average molecular weight is 353 g/mol. The number of benzene rings is 1. The van der Waals surface area contributed by atoms with Crippen molar-refractivity contribution in [3.05, 3.63) is 52.8 Å². The first-order valence-electron chi connectivity index (χ1n) is 9.08. The van der Waals surface area contributed by atoms with E-state index >= 15 is 0 Å². The highest BCUT2D eigenvalue weighted by molar-refractivity contribution is 5.80. The summed E-state index contributed by atoms with van der Waals surface area (Å²) in [5.41, 5.74) is 1.63. The van der Waals surface area contributed by atoms with Crippen molar-refractivity contribution in [3.8, 4) is 5.75 Å². The van der Waals surface area contributed by atoms with Gasteiger partial charge >= 0.3 is 0 Å². The van der Waals surface area contributed by atoms with Gasteiger partial charge < -0.3 is 14.3 Å². The van der Waals surface area contributed by atoms with E-state index in [2.05, 4.69) is 24.6 Å². The number of hydrogen-bond acceptors (Lipinski definition) is 5. The number of aromatic nitrogens is 4. The van der Waals surface area contributed by atoms with Crippen molar-refractivity contribution < 1.29 is 4.74 Å². The lowest BCUT2D eigenvalue weighted by atomic mass is 10.0. The van der Waals surface area contributed by atoms with Crippen molar-refractivity contribution in [1.82, 2.24) is 24.6 Å². The molecule has 1 N–H and O–H groups in total. The van der Waals surface area contributed by atoms with Crippen LogP contribution >= 0.6 is 0 Å². The zero-order chi connectivity index (χ0) is 17.9. The van der Waals surface area contributed by atoms with E-state index in [0.29, 0.717) is 19.2 Å². The fourth-order valence-corrected chi connectivity index (χ4v) is 3.62. The molecule has 0 atom stereocenters. The van der Waals surface area contributed by atoms with Gasteiger partial charge in [-0.3, -0.25) is 9.69 Å². The first kappa shape index (κ1) is 16.8. The number of fused-ring (bicyclic) bond motifs is 1. The van der Waals surface area contributed by atoms with Crippen LogP contribution in [0.5, 0.6) is 5.75 Å². The molecule has 0 radical (unpaired) electrons. The fourth-order valence-electron chi connectivity index (χ4n) is 3.62. The molecule has 4 rings (SSSR count). The van der Waals surface area contributed by atoms with Gasteiger partial charge in [-0.15, -0.1) is 10.2 Å². The molecule has 0 bridgehead atoms. The van der Waals surface area contributed by atoms with Crippen molar-refractivity contribution in [2.75, 3.05) is 19.7 Å². The summed E-state index contributed by atoms with van der Waals surface area (Å²) >= 11 is 0. The van der Waals surface area contributed by atoms with E-state index < -0.39 is 0 Å². The summed E-state index contributed by atoms with van der Waals surface area (Å²) < 4.78 is 7.65. The van der Waals surface area contributed by atoms with Crippen molar-refractivity contribution in [2.24, 2.45) is 0 Å². The molecule has 0 spiro atoms. The van der Waals surface area contributed by atoms with Gasteiger partial charge in [0.15, 0.2) is 0 Å². The second-order valence-electron chi connectivity index (χ2n) is 6.72. The highest BCUT2D eigenvalue weighted by atomic mass is 16.5. The summed E-state index contributed by atoms with van der Waals surface area (Å²) in [4.78, 5) is 17.8. The van der Waals surface area contributed by atoms with E-state index in [9.17, 15) is 4.79 Å². The third kappa shape index (κ3) is 3.48. The minimum Gasteiger partial charge on any atom is -0.494 e. The molecular weight excluding hydrogens is 330 g/mol. The van der Waals surface area contributed by atoms with E-state index in [1.807, 2.05) is 31.2 Å². The largest absolute Gasteiger partial charge is 0.494 e. The third-order valence-electron chi connectivity index (χ3n) is 5.01. The Morgan fingerprint density at radius 1 is 1.19 bits per heavy atom. The number of pyridine rings is 1. The van der Waals surface area contributed by atoms with Crippen molar-refractivity contribution in [1.29, 1.82) is 0 Å². The Hall–Kier alpha value is -2.67. The molecule has 3 heterocycles. The number of nitrogens with zero attached hydrogens (tertiary/aromatic N) is 4. The van der Waals surface area contributed by atoms with E-state index in [0.717, 1.165) is 48.1 Å². The van der Waals surface area contributed by atoms with Crippen LogP contribution in [0.1, 0.15) is 31.4 Å². The van der Waals surface area contributed by atoms with Crippen molar-refractivity contribution in [2.45, 2.75) is 32.4 Å². The molecule has 0 saturated carbocycles. The SMILES string of the molecule is CCOc1ccc2[nH]c(=O)c(CN3CCC(n4cnnc4)CC3)cc2c1. The van der Waals surface area contributed by atoms with Crippen LogP contribution in [0.2, 0.25) is 0 Å². The maximum Gasteiger partial charge on any atom is 0.252 e. The summed E-state index contributed by atoms with van der Waals surface area (Å²) in [5, 5.41) is 8.78. The van der Waals surface area contributed by atoms with Crippen molar-refractivity contribution >= 4 is 10.9 Å². The zero-order valence-corrected chi connectivity index (χ0v) is 14.9. The Morgan fingerprint density at radius 3 is 2.69 bits per heavy atom. The molecule has 1 saturated heterocycles. The summed E-state index contributed by atoms with van der Waals surface area (Å²) in [7, 11) is 0. The quantitative estimate of drug-likeness (QED) is 0.762. The predicted octanol–water partition coefficient (Wildman–Crippen LogP) is 2.36. The number of ether oxygens (including phenoxy) is 1. The highest BCUT2D eigenvalue weighted by Crippen LogP contribution is 2.23. The third-order valence-corrected chi connectivity index (χ3v) is 5.01. The summed E-state index contributed by atoms with van der Waals surface area (Å²) in [6.45, 7) is 5.17. The lowest BCUT2D eigenvalue weighted by Gasteiger charge is -2.32. The second-order valence-corrected chi connectivity index (χ2v) is 6.72. The summed E-state index contributed by atoms with van der Waals surface area (Å²) in [6, 6.07) is 8.21. The molecule has 7 nitrogen and oxygen atoms in total. The first-order valence-corrected chi connectivity index (χ1v) is 9.08. The number of likely N-dealkylation sites (tertiary alicyclic amines) is 1. The maximum atomic E-state index is 12.4. The highest BCUT2D eigenvalue weighted by Gasteiger charge is 2.21. The van der Waals surface area contributed by atoms with E-state index in [-0.39, 0.29) is 5.56 Å². The molecule has 0 amide bonds. The van der Waals surface area contributed by atoms with Gasteiger partial charge in [0.2, 0.25) is 0 Å². The van der Waals surface area contributed by atoms with Gasteiger partial charge in [0.1, 0.15) is 18.4 Å². The molecule has 0 aliphatic carbocycles. The number of aromatic amines is 1.